The molecule has 1 heterocycles. The summed E-state index contributed by atoms with van der Waals surface area (Å²) in [4.78, 5) is 24.2. The highest BCUT2D eigenvalue weighted by Gasteiger charge is 2.22. The number of carbonyl (C=O) groups is 2. The summed E-state index contributed by atoms with van der Waals surface area (Å²) in [6.45, 7) is 2.27. The van der Waals surface area contributed by atoms with Crippen molar-refractivity contribution in [3.63, 3.8) is 0 Å². The molecule has 2 amide bonds. The van der Waals surface area contributed by atoms with E-state index in [2.05, 4.69) is 28.8 Å². The molecule has 0 bridgehead atoms. The van der Waals surface area contributed by atoms with Gasteiger partial charge in [0.1, 0.15) is 6.04 Å². The van der Waals surface area contributed by atoms with Gasteiger partial charge >= 0.3 is 0 Å². The molecule has 5 nitrogen and oxygen atoms in total. The van der Waals surface area contributed by atoms with Gasteiger partial charge in [-0.3, -0.25) is 9.59 Å². The van der Waals surface area contributed by atoms with Crippen molar-refractivity contribution in [1.82, 2.24) is 10.6 Å². The molecule has 2 unspecified atom stereocenters. The van der Waals surface area contributed by atoms with Gasteiger partial charge in [0.15, 0.2) is 5.76 Å². The van der Waals surface area contributed by atoms with Crippen molar-refractivity contribution in [3.8, 4) is 0 Å². The molecular formula is C19H22N2O3. The van der Waals surface area contributed by atoms with Crippen molar-refractivity contribution in [1.29, 1.82) is 0 Å². The Balaban J connectivity index is 1.53. The van der Waals surface area contributed by atoms with Crippen molar-refractivity contribution < 1.29 is 14.0 Å². The van der Waals surface area contributed by atoms with Crippen LogP contribution < -0.4 is 10.6 Å². The first-order valence-electron chi connectivity index (χ1n) is 8.35. The Morgan fingerprint density at radius 1 is 1.25 bits per heavy atom. The fourth-order valence-corrected chi connectivity index (χ4v) is 3.18. The lowest BCUT2D eigenvalue weighted by atomic mass is 9.83. The summed E-state index contributed by atoms with van der Waals surface area (Å²) in [5.74, 6) is -0.0219. The molecule has 1 aliphatic carbocycles. The Morgan fingerprint density at radius 3 is 2.88 bits per heavy atom. The van der Waals surface area contributed by atoms with Gasteiger partial charge in [-0.1, -0.05) is 24.3 Å². The number of aryl methyl sites for hydroxylation is 1. The number of amides is 2. The van der Waals surface area contributed by atoms with Crippen LogP contribution >= 0.6 is 0 Å². The van der Waals surface area contributed by atoms with E-state index in [0.717, 1.165) is 19.3 Å². The molecule has 2 N–H and O–H groups in total. The van der Waals surface area contributed by atoms with Crippen LogP contribution in [0.1, 0.15) is 47.4 Å². The van der Waals surface area contributed by atoms with Gasteiger partial charge < -0.3 is 15.1 Å². The maximum absolute atomic E-state index is 12.2. The topological polar surface area (TPSA) is 71.3 Å². The van der Waals surface area contributed by atoms with Crippen LogP contribution in [0.15, 0.2) is 47.1 Å². The molecule has 2 atom stereocenters. The summed E-state index contributed by atoms with van der Waals surface area (Å²) in [5, 5.41) is 5.60. The number of hydrogen-bond acceptors (Lipinski definition) is 3. The fraction of sp³-hybridized carbons (Fsp3) is 0.368. The second-order valence-corrected chi connectivity index (χ2v) is 6.21. The van der Waals surface area contributed by atoms with E-state index in [1.807, 2.05) is 6.07 Å². The third kappa shape index (κ3) is 3.67. The molecule has 2 aromatic rings. The first-order valence-corrected chi connectivity index (χ1v) is 8.35. The largest absolute Gasteiger partial charge is 0.459 e. The number of hydrogen-bond donors (Lipinski definition) is 2. The summed E-state index contributed by atoms with van der Waals surface area (Å²) < 4.78 is 5.03. The Labute approximate surface area is 141 Å². The molecule has 0 aliphatic heterocycles. The van der Waals surface area contributed by atoms with Gasteiger partial charge in [0, 0.05) is 12.5 Å². The van der Waals surface area contributed by atoms with Crippen molar-refractivity contribution in [2.75, 3.05) is 6.54 Å². The minimum atomic E-state index is -0.610. The Hall–Kier alpha value is -2.56. The van der Waals surface area contributed by atoms with E-state index in [9.17, 15) is 9.59 Å². The molecule has 126 valence electrons. The van der Waals surface area contributed by atoms with Gasteiger partial charge in [-0.15, -0.1) is 0 Å². The molecule has 1 aromatic carbocycles. The zero-order chi connectivity index (χ0) is 16.9. The predicted molar refractivity (Wildman–Crippen MR) is 90.8 cm³/mol. The van der Waals surface area contributed by atoms with E-state index in [0.29, 0.717) is 12.5 Å². The average molecular weight is 326 g/mol. The molecule has 3 rings (SSSR count). The van der Waals surface area contributed by atoms with E-state index in [-0.39, 0.29) is 17.6 Å². The summed E-state index contributed by atoms with van der Waals surface area (Å²) in [6.07, 6.45) is 4.75. The van der Waals surface area contributed by atoms with Gasteiger partial charge in [0.05, 0.1) is 6.26 Å². The lowest BCUT2D eigenvalue weighted by Crippen LogP contribution is -2.45. The minimum Gasteiger partial charge on any atom is -0.459 e. The summed E-state index contributed by atoms with van der Waals surface area (Å²) in [6, 6.07) is 11.0. The number of benzene rings is 1. The van der Waals surface area contributed by atoms with Gasteiger partial charge in [-0.05, 0) is 49.4 Å². The zero-order valence-corrected chi connectivity index (χ0v) is 13.7. The molecule has 5 heteroatoms. The molecule has 1 aliphatic rings. The molecule has 24 heavy (non-hydrogen) atoms. The molecule has 0 saturated heterocycles. The van der Waals surface area contributed by atoms with E-state index >= 15 is 0 Å². The number of furan rings is 1. The van der Waals surface area contributed by atoms with Crippen LogP contribution in [0.25, 0.3) is 0 Å². The lowest BCUT2D eigenvalue weighted by Gasteiger charge is -2.26. The van der Waals surface area contributed by atoms with Crippen molar-refractivity contribution >= 4 is 11.8 Å². The lowest BCUT2D eigenvalue weighted by molar-refractivity contribution is -0.122. The quantitative estimate of drug-likeness (QED) is 0.887. The van der Waals surface area contributed by atoms with E-state index < -0.39 is 6.04 Å². The van der Waals surface area contributed by atoms with Crippen LogP contribution in [0.2, 0.25) is 0 Å². The predicted octanol–water partition coefficient (Wildman–Crippen LogP) is 2.63. The second kappa shape index (κ2) is 7.34. The van der Waals surface area contributed by atoms with E-state index in [1.165, 1.54) is 17.4 Å². The number of rotatable bonds is 5. The van der Waals surface area contributed by atoms with Gasteiger partial charge in [-0.2, -0.15) is 0 Å². The van der Waals surface area contributed by atoms with Gasteiger partial charge in [0.25, 0.3) is 5.91 Å². The Morgan fingerprint density at radius 2 is 2.08 bits per heavy atom. The van der Waals surface area contributed by atoms with E-state index in [4.69, 9.17) is 4.42 Å². The average Bonchev–Trinajstić information content (AvgIpc) is 3.14. The van der Waals surface area contributed by atoms with Crippen LogP contribution in [0.4, 0.5) is 0 Å². The van der Waals surface area contributed by atoms with Crippen LogP contribution in [0.5, 0.6) is 0 Å². The summed E-state index contributed by atoms with van der Waals surface area (Å²) >= 11 is 0. The molecule has 0 saturated carbocycles. The Kier molecular flexibility index (Phi) is 4.99. The number of nitrogens with one attached hydrogen (secondary N) is 2. The first-order chi connectivity index (χ1) is 11.6. The normalized spacial score (nSPS) is 17.6. The number of fused-ring (bicyclic) bond motifs is 1. The maximum atomic E-state index is 12.2. The first kappa shape index (κ1) is 16.3. The second-order valence-electron chi connectivity index (χ2n) is 6.21. The number of carbonyl (C=O) groups excluding carboxylic acids is 2. The van der Waals surface area contributed by atoms with Crippen LogP contribution in [0, 0.1) is 0 Å². The van der Waals surface area contributed by atoms with Crippen molar-refractivity contribution in [2.45, 2.75) is 38.1 Å². The SMILES string of the molecule is CC(NC(=O)c1ccco1)C(=O)NCC1CCCc2ccccc21. The molecular weight excluding hydrogens is 304 g/mol. The monoisotopic (exact) mass is 326 g/mol. The maximum Gasteiger partial charge on any atom is 0.287 e. The highest BCUT2D eigenvalue weighted by atomic mass is 16.3. The zero-order valence-electron chi connectivity index (χ0n) is 13.7. The van der Waals surface area contributed by atoms with Gasteiger partial charge in [0.2, 0.25) is 5.91 Å². The molecule has 0 fully saturated rings. The molecule has 1 aromatic heterocycles. The van der Waals surface area contributed by atoms with Crippen LogP contribution in [-0.2, 0) is 11.2 Å². The van der Waals surface area contributed by atoms with Crippen LogP contribution in [-0.4, -0.2) is 24.4 Å². The van der Waals surface area contributed by atoms with Crippen LogP contribution in [0.3, 0.4) is 0 Å². The van der Waals surface area contributed by atoms with E-state index in [1.54, 1.807) is 19.1 Å². The smallest absolute Gasteiger partial charge is 0.287 e. The highest BCUT2D eigenvalue weighted by molar-refractivity contribution is 5.95. The fourth-order valence-electron chi connectivity index (χ4n) is 3.18. The molecule has 0 radical (unpaired) electrons. The van der Waals surface area contributed by atoms with Crippen molar-refractivity contribution in [3.05, 3.63) is 59.5 Å². The summed E-state index contributed by atoms with van der Waals surface area (Å²) in [7, 11) is 0. The standard InChI is InChI=1S/C19H22N2O3/c1-13(21-19(23)17-10-5-11-24-17)18(22)20-12-15-8-4-7-14-6-2-3-9-16(14)15/h2-3,5-6,9-11,13,15H,4,7-8,12H2,1H3,(H,20,22)(H,21,23). The highest BCUT2D eigenvalue weighted by Crippen LogP contribution is 2.30. The third-order valence-electron chi connectivity index (χ3n) is 4.50. The summed E-state index contributed by atoms with van der Waals surface area (Å²) in [5.41, 5.74) is 2.71. The van der Waals surface area contributed by atoms with Crippen molar-refractivity contribution in [2.24, 2.45) is 0 Å². The third-order valence-corrected chi connectivity index (χ3v) is 4.50. The minimum absolute atomic E-state index is 0.182. The Bertz CT molecular complexity index is 709. The van der Waals surface area contributed by atoms with Gasteiger partial charge in [-0.25, -0.2) is 0 Å². The molecule has 0 spiro atoms.